The van der Waals surface area contributed by atoms with Gasteiger partial charge in [0.1, 0.15) is 58.8 Å². The minimum absolute atomic E-state index is 0. The molecule has 72 heavy (non-hydrogen) atoms. The van der Waals surface area contributed by atoms with Gasteiger partial charge in [0.2, 0.25) is 7.37 Å². The van der Waals surface area contributed by atoms with Gasteiger partial charge in [0.15, 0.2) is 0 Å². The van der Waals surface area contributed by atoms with E-state index in [0.717, 1.165) is 51.0 Å². The number of allylic oxidation sites excluding steroid dienone is 4. The molecule has 2 aliphatic heterocycles. The van der Waals surface area contributed by atoms with Crippen molar-refractivity contribution in [3.05, 3.63) is 128 Å². The number of carbonyl (C=O) groups is 2. The second-order valence-electron chi connectivity index (χ2n) is 20.4. The van der Waals surface area contributed by atoms with Gasteiger partial charge in [0, 0.05) is 45.1 Å². The molecule has 2 heterocycles. The Morgan fingerprint density at radius 1 is 0.639 bits per heavy atom. The van der Waals surface area contributed by atoms with Gasteiger partial charge in [0.25, 0.3) is 0 Å². The summed E-state index contributed by atoms with van der Waals surface area (Å²) in [6.07, 6.45) is 4.91. The van der Waals surface area contributed by atoms with Crippen LogP contribution in [0.1, 0.15) is 67.9 Å². The Kier molecular flexibility index (Phi) is 23.3. The van der Waals surface area contributed by atoms with Crippen LogP contribution in [0.2, 0.25) is 51.4 Å². The average molecular weight is 1080 g/mol. The molecule has 2 N–H and O–H groups in total. The fourth-order valence-corrected chi connectivity index (χ4v) is 12.5. The molecule has 0 radical (unpaired) electrons. The maximum Gasteiger partial charge on any atom is 1.00 e. The molecule has 6 rings (SSSR count). The number of para-hydroxylation sites is 2. The Bertz CT molecular complexity index is 2500. The molecule has 2 atom stereocenters. The van der Waals surface area contributed by atoms with Crippen molar-refractivity contribution in [3.8, 4) is 34.5 Å². The second-order valence-corrected chi connectivity index (χ2v) is 35.9. The van der Waals surface area contributed by atoms with Crippen LogP contribution in [0, 0.1) is 13.8 Å². The molecular weight excluding hydrogens is 1000 g/mol. The smallest absolute Gasteiger partial charge is 0.870 e. The zero-order valence-corrected chi connectivity index (χ0v) is 50.5. The number of fused-ring (bicyclic) bond motifs is 2. The van der Waals surface area contributed by atoms with Crippen LogP contribution in [0.15, 0.2) is 84.0 Å². The van der Waals surface area contributed by atoms with Crippen molar-refractivity contribution in [2.24, 2.45) is 0 Å². The van der Waals surface area contributed by atoms with Crippen molar-refractivity contribution in [1.29, 1.82) is 0 Å². The van der Waals surface area contributed by atoms with Crippen molar-refractivity contribution in [3.63, 3.8) is 0 Å². The zero-order valence-electron chi connectivity index (χ0n) is 44.7. The summed E-state index contributed by atoms with van der Waals surface area (Å²) in [5, 5.41) is 0. The van der Waals surface area contributed by atoms with Crippen LogP contribution in [-0.4, -0.2) is 84.9 Å². The van der Waals surface area contributed by atoms with E-state index in [2.05, 4.69) is 39.3 Å². The molecule has 0 amide bonds. The molecule has 14 nitrogen and oxygen atoms in total. The standard InChI is InChI=1S/C27H37O6PSi.C26H35O7PSi.Na.H2O/c1-19(18-34(4,29)33-21-11-9-8-10-12-21)13-14-22-25(30-3)20(2)23-17-32-27(28)24(23)26(22)31-15-16-35(5,6)7;1-18(17-34(28,29)33-20-10-8-7-9-11-20)12-13-21-24(30-3)19(2)22-16-32-26(27)23(22)25(21)31-14-15-35(4,5)6;;/h8-13H,14-18H2,1-7H3;7-12H,13-17H2,1-6H3,(H,28,29);;1H2/q;;+1;/p-1/b19-13+;18-12+;;. The molecule has 0 saturated heterocycles. The normalized spacial score (nSPS) is 14.9. The molecule has 0 aromatic heterocycles. The maximum atomic E-state index is 13.1. The van der Waals surface area contributed by atoms with E-state index in [9.17, 15) is 23.6 Å². The fraction of sp³-hybridized carbons (Fsp3) is 0.434. The second kappa shape index (κ2) is 26.9. The number of cyclic esters (lactones) is 2. The third-order valence-electron chi connectivity index (χ3n) is 11.8. The average Bonchev–Trinajstić information content (AvgIpc) is 3.85. The Hall–Kier alpha value is -4.09. The summed E-state index contributed by atoms with van der Waals surface area (Å²) in [6.45, 7) is 24.3. The van der Waals surface area contributed by atoms with E-state index >= 15 is 0 Å². The first-order valence-corrected chi connectivity index (χ1v) is 35.0. The molecule has 4 aromatic carbocycles. The first kappa shape index (κ1) is 62.2. The molecule has 0 bridgehead atoms. The van der Waals surface area contributed by atoms with Gasteiger partial charge in [0.05, 0.1) is 39.8 Å². The number of hydrogen-bond acceptors (Lipinski definition) is 13. The molecule has 19 heteroatoms. The minimum atomic E-state index is -3.89. The zero-order chi connectivity index (χ0) is 51.6. The van der Waals surface area contributed by atoms with Crippen LogP contribution in [0.25, 0.3) is 0 Å². The van der Waals surface area contributed by atoms with Gasteiger partial charge in [-0.3, -0.25) is 4.57 Å². The van der Waals surface area contributed by atoms with Gasteiger partial charge in [-0.15, -0.1) is 0 Å². The molecule has 0 aliphatic carbocycles. The van der Waals surface area contributed by atoms with Gasteiger partial charge in [-0.1, -0.05) is 99.0 Å². The number of ether oxygens (including phenoxy) is 6. The van der Waals surface area contributed by atoms with Crippen molar-refractivity contribution in [2.45, 2.75) is 105 Å². The van der Waals surface area contributed by atoms with Gasteiger partial charge in [-0.05, 0) is 88.0 Å². The van der Waals surface area contributed by atoms with Crippen molar-refractivity contribution in [1.82, 2.24) is 0 Å². The predicted molar refractivity (Wildman–Crippen MR) is 285 cm³/mol. The summed E-state index contributed by atoms with van der Waals surface area (Å²) in [5.41, 5.74) is 7.47. The van der Waals surface area contributed by atoms with Crippen molar-refractivity contribution < 1.29 is 96.1 Å². The largest absolute Gasteiger partial charge is 1.00 e. The summed E-state index contributed by atoms with van der Waals surface area (Å²) in [4.78, 5) is 35.6. The topological polar surface area (TPSA) is 192 Å². The van der Waals surface area contributed by atoms with E-state index in [1.165, 1.54) is 0 Å². The molecule has 2 unspecified atom stereocenters. The van der Waals surface area contributed by atoms with E-state index < -0.39 is 37.1 Å². The summed E-state index contributed by atoms with van der Waals surface area (Å²) >= 11 is 0. The van der Waals surface area contributed by atoms with Crippen LogP contribution in [0.4, 0.5) is 0 Å². The quantitative estimate of drug-likeness (QED) is 0.0338. The Morgan fingerprint density at radius 2 is 1.01 bits per heavy atom. The van der Waals surface area contributed by atoms with E-state index in [4.69, 9.17) is 37.5 Å². The summed E-state index contributed by atoms with van der Waals surface area (Å²) < 4.78 is 71.6. The van der Waals surface area contributed by atoms with Crippen LogP contribution < -0.4 is 57.6 Å². The Labute approximate surface area is 450 Å². The van der Waals surface area contributed by atoms with E-state index in [-0.39, 0.29) is 60.4 Å². The van der Waals surface area contributed by atoms with Crippen LogP contribution >= 0.6 is 15.0 Å². The Morgan fingerprint density at radius 3 is 1.39 bits per heavy atom. The number of methoxy groups -OCH3 is 2. The van der Waals surface area contributed by atoms with Gasteiger partial charge in [-0.25, -0.2) is 14.2 Å². The van der Waals surface area contributed by atoms with E-state index in [0.29, 0.717) is 83.4 Å². The van der Waals surface area contributed by atoms with Gasteiger partial charge >= 0.3 is 49.1 Å². The van der Waals surface area contributed by atoms with Gasteiger partial charge < -0.3 is 47.8 Å². The number of carbonyl (C=O) groups excluding carboxylic acids is 2. The Balaban J connectivity index is 0.000000370. The predicted octanol–water partition coefficient (Wildman–Crippen LogP) is 9.84. The van der Waals surface area contributed by atoms with E-state index in [1.807, 2.05) is 57.2 Å². The number of rotatable bonds is 22. The first-order chi connectivity index (χ1) is 32.8. The number of benzene rings is 4. The van der Waals surface area contributed by atoms with Crippen molar-refractivity contribution in [2.75, 3.05) is 46.4 Å². The maximum absolute atomic E-state index is 13.1. The minimum Gasteiger partial charge on any atom is -0.870 e. The molecule has 2 aliphatic rings. The molecule has 4 aromatic rings. The summed E-state index contributed by atoms with van der Waals surface area (Å²) in [7, 11) is -6.25. The van der Waals surface area contributed by atoms with E-state index in [1.54, 1.807) is 64.2 Å². The van der Waals surface area contributed by atoms with Crippen molar-refractivity contribution >= 4 is 43.1 Å². The number of esters is 2. The fourth-order valence-electron chi connectivity index (χ4n) is 8.12. The van der Waals surface area contributed by atoms with Crippen LogP contribution in [-0.2, 0) is 44.7 Å². The molecule has 0 fully saturated rings. The summed E-state index contributed by atoms with van der Waals surface area (Å²) in [5.74, 6) is 2.57. The number of hydrogen-bond donors (Lipinski definition) is 1. The molecular formula is C53H73NaO14P2Si2. The SMILES string of the molecule is COc1c(C)c2c(c(OCC[Si](C)(C)C)c1C/C=C(\C)CP(=O)(O)Oc1ccccc1)C(=O)OC2.COc1c(C)c2c(c(OCC[Si](C)(C)C)c1C/C=C(\C)CP(C)(=O)Oc1ccccc1)C(=O)OC2.[Na+].[OH-]. The molecule has 0 saturated carbocycles. The van der Waals surface area contributed by atoms with Crippen LogP contribution in [0.5, 0.6) is 34.5 Å². The summed E-state index contributed by atoms with van der Waals surface area (Å²) in [6, 6.07) is 19.7. The third-order valence-corrected chi connectivity index (χ3v) is 18.3. The van der Waals surface area contributed by atoms with Crippen LogP contribution in [0.3, 0.4) is 0 Å². The monoisotopic (exact) mass is 1070 g/mol. The third kappa shape index (κ3) is 17.5. The molecule has 388 valence electrons. The van der Waals surface area contributed by atoms with Gasteiger partial charge in [-0.2, -0.15) is 0 Å². The first-order valence-electron chi connectivity index (χ1n) is 23.6. The molecule has 0 spiro atoms.